The summed E-state index contributed by atoms with van der Waals surface area (Å²) in [5, 5.41) is 0. The fraction of sp³-hybridized carbons (Fsp3) is 0.167. The third-order valence-corrected chi connectivity index (χ3v) is 3.61. The Kier molecular flexibility index (Phi) is 4.38. The summed E-state index contributed by atoms with van der Waals surface area (Å²) in [4.78, 5) is 44.0. The molecule has 0 aliphatic heterocycles. The second kappa shape index (κ2) is 6.64. The average molecular weight is 338 g/mol. The van der Waals surface area contributed by atoms with Crippen molar-refractivity contribution in [1.82, 2.24) is 9.97 Å². The van der Waals surface area contributed by atoms with E-state index in [9.17, 15) is 14.4 Å². The van der Waals surface area contributed by atoms with E-state index in [2.05, 4.69) is 9.97 Å². The van der Waals surface area contributed by atoms with E-state index in [0.29, 0.717) is 33.2 Å². The Morgan fingerprint density at radius 1 is 0.920 bits per heavy atom. The Balaban J connectivity index is 2.17. The molecule has 3 rings (SSSR count). The van der Waals surface area contributed by atoms with Gasteiger partial charge >= 0.3 is 11.9 Å². The van der Waals surface area contributed by atoms with Crippen LogP contribution >= 0.6 is 0 Å². The van der Waals surface area contributed by atoms with E-state index in [1.54, 1.807) is 36.4 Å². The molecule has 0 atom stereocenters. The van der Waals surface area contributed by atoms with Gasteiger partial charge in [0, 0.05) is 12.5 Å². The predicted molar refractivity (Wildman–Crippen MR) is 89.3 cm³/mol. The number of methoxy groups -OCH3 is 1. The fourth-order valence-corrected chi connectivity index (χ4v) is 2.46. The minimum atomic E-state index is -0.534. The number of nitrogens with zero attached hydrogens (tertiary/aromatic N) is 2. The van der Waals surface area contributed by atoms with Crippen molar-refractivity contribution in [3.05, 3.63) is 47.5 Å². The van der Waals surface area contributed by atoms with Gasteiger partial charge in [0.2, 0.25) is 5.78 Å². The van der Waals surface area contributed by atoms with Crippen LogP contribution in [0.25, 0.3) is 22.1 Å². The summed E-state index contributed by atoms with van der Waals surface area (Å²) >= 11 is 0. The van der Waals surface area contributed by atoms with Crippen molar-refractivity contribution in [2.24, 2.45) is 0 Å². The van der Waals surface area contributed by atoms with Crippen molar-refractivity contribution in [2.75, 3.05) is 13.7 Å². The molecule has 0 saturated carbocycles. The van der Waals surface area contributed by atoms with Gasteiger partial charge in [-0.15, -0.1) is 0 Å². The van der Waals surface area contributed by atoms with Crippen LogP contribution in [0.5, 0.6) is 0 Å². The molecule has 0 bridgehead atoms. The molecule has 126 valence electrons. The van der Waals surface area contributed by atoms with E-state index < -0.39 is 11.9 Å². The molecular weight excluding hydrogens is 324 g/mol. The predicted octanol–water partition coefficient (Wildman–Crippen LogP) is 2.32. The second-order valence-corrected chi connectivity index (χ2v) is 5.27. The highest BCUT2D eigenvalue weighted by atomic mass is 16.5. The van der Waals surface area contributed by atoms with E-state index in [1.807, 2.05) is 0 Å². The molecular formula is C18H14N2O5. The molecule has 0 aliphatic carbocycles. The minimum Gasteiger partial charge on any atom is -0.465 e. The third kappa shape index (κ3) is 3.16. The maximum atomic E-state index is 12.3. The number of hydrogen-bond donors (Lipinski definition) is 0. The molecule has 0 aliphatic rings. The first-order valence-corrected chi connectivity index (χ1v) is 7.45. The highest BCUT2D eigenvalue weighted by molar-refractivity contribution is 6.09. The van der Waals surface area contributed by atoms with E-state index in [4.69, 9.17) is 9.47 Å². The van der Waals surface area contributed by atoms with Crippen molar-refractivity contribution in [1.29, 1.82) is 0 Å². The van der Waals surface area contributed by atoms with E-state index >= 15 is 0 Å². The summed E-state index contributed by atoms with van der Waals surface area (Å²) < 4.78 is 9.53. The largest absolute Gasteiger partial charge is 0.465 e. The van der Waals surface area contributed by atoms with Crippen LogP contribution in [0, 0.1) is 0 Å². The first kappa shape index (κ1) is 16.5. The van der Waals surface area contributed by atoms with Crippen molar-refractivity contribution in [2.45, 2.75) is 6.92 Å². The third-order valence-electron chi connectivity index (χ3n) is 3.61. The van der Waals surface area contributed by atoms with Crippen LogP contribution in [0.4, 0.5) is 0 Å². The van der Waals surface area contributed by atoms with E-state index in [-0.39, 0.29) is 12.4 Å². The SMILES string of the molecule is COC(=O)c1cccc2nc3c(C(=O)COC(C)=O)cccc3nc12. The Hall–Kier alpha value is -3.35. The number of hydrogen-bond acceptors (Lipinski definition) is 7. The number of Topliss-reactive ketones (excluding diaryl/α,β-unsaturated/α-hetero) is 1. The van der Waals surface area contributed by atoms with Crippen LogP contribution in [0.2, 0.25) is 0 Å². The van der Waals surface area contributed by atoms with Crippen LogP contribution in [0.1, 0.15) is 27.6 Å². The highest BCUT2D eigenvalue weighted by Gasteiger charge is 2.17. The highest BCUT2D eigenvalue weighted by Crippen LogP contribution is 2.22. The molecule has 0 saturated heterocycles. The number of ether oxygens (including phenoxy) is 2. The number of esters is 2. The summed E-state index contributed by atoms with van der Waals surface area (Å²) in [5.74, 6) is -1.42. The molecule has 3 aromatic rings. The van der Waals surface area contributed by atoms with Gasteiger partial charge in [-0.25, -0.2) is 14.8 Å². The van der Waals surface area contributed by atoms with Gasteiger partial charge in [0.05, 0.1) is 23.7 Å². The van der Waals surface area contributed by atoms with Gasteiger partial charge in [-0.1, -0.05) is 12.1 Å². The van der Waals surface area contributed by atoms with Crippen LogP contribution in [0.15, 0.2) is 36.4 Å². The molecule has 1 aromatic heterocycles. The molecule has 0 spiro atoms. The number of benzene rings is 2. The Labute approximate surface area is 142 Å². The second-order valence-electron chi connectivity index (χ2n) is 5.27. The van der Waals surface area contributed by atoms with E-state index in [0.717, 1.165) is 0 Å². The molecule has 7 nitrogen and oxygen atoms in total. The van der Waals surface area contributed by atoms with Crippen molar-refractivity contribution < 1.29 is 23.9 Å². The lowest BCUT2D eigenvalue weighted by Crippen LogP contribution is -2.13. The number of ketones is 1. The number of carbonyl (C=O) groups excluding carboxylic acids is 3. The monoisotopic (exact) mass is 338 g/mol. The van der Waals surface area contributed by atoms with Gasteiger partial charge in [-0.2, -0.15) is 0 Å². The Bertz CT molecular complexity index is 1010. The maximum Gasteiger partial charge on any atom is 0.340 e. The zero-order valence-electron chi connectivity index (χ0n) is 13.6. The van der Waals surface area contributed by atoms with E-state index in [1.165, 1.54) is 14.0 Å². The zero-order valence-corrected chi connectivity index (χ0v) is 13.6. The minimum absolute atomic E-state index is 0.297. The molecule has 0 unspecified atom stereocenters. The Morgan fingerprint density at radius 3 is 2.04 bits per heavy atom. The maximum absolute atomic E-state index is 12.3. The average Bonchev–Trinajstić information content (AvgIpc) is 2.62. The zero-order chi connectivity index (χ0) is 18.0. The summed E-state index contributed by atoms with van der Waals surface area (Å²) in [6.45, 7) is 0.869. The Morgan fingerprint density at radius 2 is 1.48 bits per heavy atom. The summed E-state index contributed by atoms with van der Waals surface area (Å²) in [5.41, 5.74) is 2.30. The molecule has 25 heavy (non-hydrogen) atoms. The lowest BCUT2D eigenvalue weighted by molar-refractivity contribution is -0.139. The number of para-hydroxylation sites is 2. The summed E-state index contributed by atoms with van der Waals surface area (Å²) in [6, 6.07) is 9.91. The first-order valence-electron chi connectivity index (χ1n) is 7.45. The van der Waals surface area contributed by atoms with Crippen molar-refractivity contribution in [3.63, 3.8) is 0 Å². The molecule has 0 amide bonds. The van der Waals surface area contributed by atoms with Crippen LogP contribution in [-0.4, -0.2) is 41.4 Å². The molecule has 0 radical (unpaired) electrons. The number of aromatic nitrogens is 2. The van der Waals surface area contributed by atoms with Gasteiger partial charge in [-0.3, -0.25) is 9.59 Å². The molecule has 2 aromatic carbocycles. The standard InChI is InChI=1S/C18H14N2O5/c1-10(21)25-9-15(22)11-5-3-7-13-16(11)19-14-8-4-6-12(17(14)20-13)18(23)24-2/h3-8H,9H2,1-2H3. The number of fused-ring (bicyclic) bond motifs is 2. The van der Waals surface area contributed by atoms with Gasteiger partial charge in [-0.05, 0) is 24.3 Å². The lowest BCUT2D eigenvalue weighted by Gasteiger charge is -2.08. The van der Waals surface area contributed by atoms with Gasteiger partial charge in [0.15, 0.2) is 6.61 Å². The number of rotatable bonds is 4. The molecule has 0 N–H and O–H groups in total. The molecule has 1 heterocycles. The van der Waals surface area contributed by atoms with Gasteiger partial charge in [0.25, 0.3) is 0 Å². The van der Waals surface area contributed by atoms with Crippen molar-refractivity contribution in [3.8, 4) is 0 Å². The quantitative estimate of drug-likeness (QED) is 0.409. The van der Waals surface area contributed by atoms with Crippen LogP contribution in [-0.2, 0) is 14.3 Å². The molecule has 7 heteroatoms. The fourth-order valence-electron chi connectivity index (χ4n) is 2.46. The van der Waals surface area contributed by atoms with Crippen LogP contribution < -0.4 is 0 Å². The number of carbonyl (C=O) groups is 3. The smallest absolute Gasteiger partial charge is 0.340 e. The first-order chi connectivity index (χ1) is 12.0. The summed E-state index contributed by atoms with van der Waals surface area (Å²) in [6.07, 6.45) is 0. The lowest BCUT2D eigenvalue weighted by atomic mass is 10.1. The topological polar surface area (TPSA) is 95.5 Å². The summed E-state index contributed by atoms with van der Waals surface area (Å²) in [7, 11) is 1.29. The van der Waals surface area contributed by atoms with Gasteiger partial charge < -0.3 is 9.47 Å². The molecule has 0 fully saturated rings. The van der Waals surface area contributed by atoms with Crippen LogP contribution in [0.3, 0.4) is 0 Å². The van der Waals surface area contributed by atoms with Gasteiger partial charge in [0.1, 0.15) is 11.0 Å². The van der Waals surface area contributed by atoms with Crippen molar-refractivity contribution >= 4 is 39.8 Å². The normalized spacial score (nSPS) is 10.6.